The molecule has 9 heteroatoms. The monoisotopic (exact) mass is 438 g/mol. The number of carbonyl (C=O) groups excluding carboxylic acids is 1. The fourth-order valence-electron chi connectivity index (χ4n) is 2.95. The van der Waals surface area contributed by atoms with E-state index in [2.05, 4.69) is 5.32 Å². The maximum Gasteiger partial charge on any atom is 0.232 e. The van der Waals surface area contributed by atoms with E-state index in [1.54, 1.807) is 30.3 Å². The molecule has 0 aliphatic carbocycles. The predicted octanol–water partition coefficient (Wildman–Crippen LogP) is 2.97. The number of carbonyl (C=O) groups is 1. The number of hydrogen-bond donors (Lipinski definition) is 1. The van der Waals surface area contributed by atoms with Crippen molar-refractivity contribution < 1.29 is 22.7 Å². The van der Waals surface area contributed by atoms with Crippen LogP contribution in [0.15, 0.2) is 42.5 Å². The number of halogens is 1. The number of sulfonamides is 1. The van der Waals surface area contributed by atoms with Crippen molar-refractivity contribution in [3.05, 3.63) is 53.1 Å². The van der Waals surface area contributed by atoms with Crippen LogP contribution in [0.1, 0.15) is 18.4 Å². The van der Waals surface area contributed by atoms with Crippen LogP contribution in [0.5, 0.6) is 11.5 Å². The molecule has 2 aromatic rings. The van der Waals surface area contributed by atoms with Crippen LogP contribution in [-0.2, 0) is 21.4 Å². The number of nitrogens with zero attached hydrogens (tertiary/aromatic N) is 1. The molecule has 1 N–H and O–H groups in total. The summed E-state index contributed by atoms with van der Waals surface area (Å²) < 4.78 is 36.8. The molecule has 1 aliphatic heterocycles. The molecule has 7 nitrogen and oxygen atoms in total. The number of rotatable bonds is 8. The highest BCUT2D eigenvalue weighted by atomic mass is 35.5. The number of nitrogens with one attached hydrogen (secondary N) is 1. The lowest BCUT2D eigenvalue weighted by Gasteiger charge is -2.25. The van der Waals surface area contributed by atoms with Crippen molar-refractivity contribution in [2.24, 2.45) is 0 Å². The summed E-state index contributed by atoms with van der Waals surface area (Å²) in [6, 6.07) is 12.2. The van der Waals surface area contributed by atoms with Crippen molar-refractivity contribution in [1.82, 2.24) is 5.32 Å². The van der Waals surface area contributed by atoms with Crippen LogP contribution in [0.2, 0.25) is 5.02 Å². The third-order valence-electron chi connectivity index (χ3n) is 4.38. The van der Waals surface area contributed by atoms with Crippen LogP contribution in [-0.4, -0.2) is 40.3 Å². The molecule has 0 aromatic heterocycles. The second kappa shape index (κ2) is 9.37. The molecule has 0 saturated heterocycles. The number of fused-ring (bicyclic) bond motifs is 1. The van der Waals surface area contributed by atoms with E-state index in [1.165, 1.54) is 4.31 Å². The molecule has 1 amide bonds. The van der Waals surface area contributed by atoms with Gasteiger partial charge in [-0.1, -0.05) is 23.7 Å². The summed E-state index contributed by atoms with van der Waals surface area (Å²) in [5.74, 6) is 0.966. The Kier molecular flexibility index (Phi) is 6.87. The molecule has 0 saturated carbocycles. The highest BCUT2D eigenvalue weighted by Crippen LogP contribution is 2.34. The lowest BCUT2D eigenvalue weighted by Crippen LogP contribution is -2.32. The van der Waals surface area contributed by atoms with Crippen molar-refractivity contribution in [3.63, 3.8) is 0 Å². The molecule has 29 heavy (non-hydrogen) atoms. The standard InChI is InChI=1S/C20H23ClN2O5S/c1-29(25,26)23(17-8-9-18-19(13-17)28-12-11-27-18)10-2-3-20(24)22-14-15-4-6-16(21)7-5-15/h4-9,13H,2-3,10-12,14H2,1H3,(H,22,24). The van der Waals surface area contributed by atoms with Crippen molar-refractivity contribution >= 4 is 33.2 Å². The van der Waals surface area contributed by atoms with Gasteiger partial charge in [0.05, 0.1) is 11.9 Å². The Hall–Kier alpha value is -2.45. The maximum absolute atomic E-state index is 12.3. The van der Waals surface area contributed by atoms with Gasteiger partial charge >= 0.3 is 0 Å². The van der Waals surface area contributed by atoms with Gasteiger partial charge in [0, 0.05) is 30.6 Å². The molecule has 1 heterocycles. The summed E-state index contributed by atoms with van der Waals surface area (Å²) in [5.41, 5.74) is 1.43. The van der Waals surface area contributed by atoms with Crippen LogP contribution >= 0.6 is 11.6 Å². The van der Waals surface area contributed by atoms with Crippen LogP contribution < -0.4 is 19.1 Å². The maximum atomic E-state index is 12.3. The molecule has 0 unspecified atom stereocenters. The van der Waals surface area contributed by atoms with Gasteiger partial charge in [-0.15, -0.1) is 0 Å². The molecule has 0 radical (unpaired) electrons. The van der Waals surface area contributed by atoms with E-state index >= 15 is 0 Å². The normalized spacial score (nSPS) is 13.0. The van der Waals surface area contributed by atoms with E-state index in [1.807, 2.05) is 12.1 Å². The van der Waals surface area contributed by atoms with Crippen LogP contribution in [0.3, 0.4) is 0 Å². The molecule has 0 bridgehead atoms. The zero-order valence-electron chi connectivity index (χ0n) is 16.1. The minimum Gasteiger partial charge on any atom is -0.486 e. The van der Waals surface area contributed by atoms with Crippen LogP contribution in [0.25, 0.3) is 0 Å². The summed E-state index contributed by atoms with van der Waals surface area (Å²) >= 11 is 5.84. The number of amides is 1. The van der Waals surface area contributed by atoms with Gasteiger partial charge in [-0.2, -0.15) is 0 Å². The van der Waals surface area contributed by atoms with Crippen LogP contribution in [0, 0.1) is 0 Å². The average molecular weight is 439 g/mol. The Morgan fingerprint density at radius 1 is 1.10 bits per heavy atom. The van der Waals surface area contributed by atoms with Gasteiger partial charge in [0.15, 0.2) is 11.5 Å². The van der Waals surface area contributed by atoms with Crippen molar-refractivity contribution in [2.75, 3.05) is 30.3 Å². The van der Waals surface area contributed by atoms with Gasteiger partial charge in [0.25, 0.3) is 0 Å². The zero-order valence-corrected chi connectivity index (χ0v) is 17.6. The first kappa shape index (κ1) is 21.3. The molecule has 0 spiro atoms. The highest BCUT2D eigenvalue weighted by molar-refractivity contribution is 7.92. The van der Waals surface area contributed by atoms with E-state index in [0.29, 0.717) is 48.4 Å². The van der Waals surface area contributed by atoms with E-state index in [4.69, 9.17) is 21.1 Å². The second-order valence-electron chi connectivity index (χ2n) is 6.67. The van der Waals surface area contributed by atoms with Gasteiger partial charge in [-0.3, -0.25) is 9.10 Å². The number of ether oxygens (including phenoxy) is 2. The largest absolute Gasteiger partial charge is 0.486 e. The first-order valence-electron chi connectivity index (χ1n) is 9.21. The Balaban J connectivity index is 1.56. The van der Waals surface area contributed by atoms with Gasteiger partial charge in [0.1, 0.15) is 13.2 Å². The molecule has 3 rings (SSSR count). The molecule has 0 atom stereocenters. The fourth-order valence-corrected chi connectivity index (χ4v) is 4.03. The Morgan fingerprint density at radius 2 is 1.79 bits per heavy atom. The third kappa shape index (κ3) is 6.01. The van der Waals surface area contributed by atoms with E-state index < -0.39 is 10.0 Å². The molecular weight excluding hydrogens is 416 g/mol. The van der Waals surface area contributed by atoms with E-state index in [-0.39, 0.29) is 18.9 Å². The number of benzene rings is 2. The summed E-state index contributed by atoms with van der Waals surface area (Å²) in [6.45, 7) is 1.47. The summed E-state index contributed by atoms with van der Waals surface area (Å²) in [4.78, 5) is 12.1. The van der Waals surface area contributed by atoms with E-state index in [9.17, 15) is 13.2 Å². The first-order chi connectivity index (χ1) is 13.8. The molecular formula is C20H23ClN2O5S. The van der Waals surface area contributed by atoms with Gasteiger partial charge in [-0.25, -0.2) is 8.42 Å². The zero-order chi connectivity index (χ0) is 20.9. The van der Waals surface area contributed by atoms with Crippen LogP contribution in [0.4, 0.5) is 5.69 Å². The van der Waals surface area contributed by atoms with Crippen molar-refractivity contribution in [2.45, 2.75) is 19.4 Å². The molecule has 1 aliphatic rings. The minimum atomic E-state index is -3.51. The van der Waals surface area contributed by atoms with Crippen molar-refractivity contribution in [3.8, 4) is 11.5 Å². The predicted molar refractivity (Wildman–Crippen MR) is 112 cm³/mol. The Labute approximate surface area is 175 Å². The number of hydrogen-bond acceptors (Lipinski definition) is 5. The Bertz CT molecular complexity index is 963. The lowest BCUT2D eigenvalue weighted by atomic mass is 10.2. The van der Waals surface area contributed by atoms with Gasteiger partial charge in [0.2, 0.25) is 15.9 Å². The Morgan fingerprint density at radius 3 is 2.48 bits per heavy atom. The topological polar surface area (TPSA) is 84.9 Å². The molecule has 156 valence electrons. The highest BCUT2D eigenvalue weighted by Gasteiger charge is 2.21. The van der Waals surface area contributed by atoms with Gasteiger partial charge in [-0.05, 0) is 36.2 Å². The van der Waals surface area contributed by atoms with Crippen molar-refractivity contribution in [1.29, 1.82) is 0 Å². The second-order valence-corrected chi connectivity index (χ2v) is 9.01. The molecule has 2 aromatic carbocycles. The number of anilines is 1. The quantitative estimate of drug-likeness (QED) is 0.684. The van der Waals surface area contributed by atoms with Gasteiger partial charge < -0.3 is 14.8 Å². The average Bonchev–Trinajstić information content (AvgIpc) is 2.69. The lowest BCUT2D eigenvalue weighted by molar-refractivity contribution is -0.121. The summed E-state index contributed by atoms with van der Waals surface area (Å²) in [5, 5.41) is 3.46. The van der Waals surface area contributed by atoms with E-state index in [0.717, 1.165) is 11.8 Å². The fraction of sp³-hybridized carbons (Fsp3) is 0.350. The SMILES string of the molecule is CS(=O)(=O)N(CCCC(=O)NCc1ccc(Cl)cc1)c1ccc2c(c1)OCCO2. The summed E-state index contributed by atoms with van der Waals surface area (Å²) in [6.07, 6.45) is 1.74. The third-order valence-corrected chi connectivity index (χ3v) is 5.83. The first-order valence-corrected chi connectivity index (χ1v) is 11.4. The summed E-state index contributed by atoms with van der Waals surface area (Å²) in [7, 11) is -3.51. The smallest absolute Gasteiger partial charge is 0.232 e. The minimum absolute atomic E-state index is 0.143. The molecule has 0 fully saturated rings.